The molecule has 11 heteroatoms. The van der Waals surface area contributed by atoms with Gasteiger partial charge >= 0.3 is 6.09 Å². The van der Waals surface area contributed by atoms with Gasteiger partial charge in [0.05, 0.1) is 17.1 Å². The summed E-state index contributed by atoms with van der Waals surface area (Å²) in [6.07, 6.45) is -0.150. The number of carbonyl (C=O) groups is 4. The van der Waals surface area contributed by atoms with Crippen molar-refractivity contribution in [3.8, 4) is 5.75 Å². The Bertz CT molecular complexity index is 1190. The number of aryl methyl sites for hydroxylation is 1. The maximum absolute atomic E-state index is 13.9. The van der Waals surface area contributed by atoms with Gasteiger partial charge in [-0.3, -0.25) is 14.4 Å². The molecule has 0 spiro atoms. The third kappa shape index (κ3) is 7.61. The second kappa shape index (κ2) is 11.7. The number of alkyl carbamates (subject to hydrolysis) is 1. The summed E-state index contributed by atoms with van der Waals surface area (Å²) >= 11 is 6.34. The highest BCUT2D eigenvalue weighted by molar-refractivity contribution is 6.34. The number of phenols is 1. The van der Waals surface area contributed by atoms with Crippen LogP contribution in [-0.4, -0.2) is 51.5 Å². The molecule has 0 aliphatic heterocycles. The van der Waals surface area contributed by atoms with Gasteiger partial charge in [0.1, 0.15) is 23.4 Å². The van der Waals surface area contributed by atoms with Crippen LogP contribution in [0.1, 0.15) is 57.2 Å². The van der Waals surface area contributed by atoms with Gasteiger partial charge < -0.3 is 31.1 Å². The molecular formula is C27H33ClN4O6. The molecule has 10 nitrogen and oxygen atoms in total. The van der Waals surface area contributed by atoms with E-state index in [1.54, 1.807) is 45.9 Å². The minimum Gasteiger partial charge on any atom is -0.508 e. The number of carbonyl (C=O) groups excluding carboxylic acids is 4. The Morgan fingerprint density at radius 2 is 1.76 bits per heavy atom. The Labute approximate surface area is 226 Å². The van der Waals surface area contributed by atoms with Gasteiger partial charge in [-0.2, -0.15) is 0 Å². The molecule has 204 valence electrons. The van der Waals surface area contributed by atoms with E-state index in [1.165, 1.54) is 29.2 Å². The summed E-state index contributed by atoms with van der Waals surface area (Å²) in [7, 11) is 0. The summed E-state index contributed by atoms with van der Waals surface area (Å²) in [6, 6.07) is 8.21. The van der Waals surface area contributed by atoms with Crippen LogP contribution >= 0.6 is 11.6 Å². The summed E-state index contributed by atoms with van der Waals surface area (Å²) < 4.78 is 5.27. The van der Waals surface area contributed by atoms with Crippen LogP contribution in [0.25, 0.3) is 0 Å². The second-order valence-corrected chi connectivity index (χ2v) is 10.7. The monoisotopic (exact) mass is 544 g/mol. The molecular weight excluding hydrogens is 512 g/mol. The molecule has 0 heterocycles. The molecule has 2 aromatic rings. The van der Waals surface area contributed by atoms with Crippen LogP contribution < -0.4 is 16.4 Å². The normalized spacial score (nSPS) is 14.7. The number of anilines is 1. The van der Waals surface area contributed by atoms with Crippen LogP contribution in [0.2, 0.25) is 5.02 Å². The standard InChI is InChI=1S/C27H33ClN4O6/c1-15-6-5-7-19(28)22(15)31-24(35)23(16-8-12-18(33)13-9-16)32(17-10-11-17)25(36)20(14-21(29)34)30-26(37)38-27(2,3)4/h5-9,12-13,17,20,23,33H,10-11,14H2,1-4H3,(H2,29,34)(H,30,37)(H,31,35). The number of primary amides is 1. The Morgan fingerprint density at radius 3 is 2.29 bits per heavy atom. The maximum Gasteiger partial charge on any atom is 0.408 e. The number of nitrogens with zero attached hydrogens (tertiary/aromatic N) is 1. The number of hydrogen-bond donors (Lipinski definition) is 4. The number of aromatic hydroxyl groups is 1. The quantitative estimate of drug-likeness (QED) is 0.377. The van der Waals surface area contributed by atoms with E-state index < -0.39 is 47.9 Å². The number of halogens is 1. The SMILES string of the molecule is Cc1cccc(Cl)c1NC(=O)C(c1ccc(O)cc1)N(C(=O)C(CC(N)=O)NC(=O)OC(C)(C)C)C1CC1. The molecule has 0 bridgehead atoms. The first-order valence-electron chi connectivity index (χ1n) is 12.2. The van der Waals surface area contributed by atoms with Crippen molar-refractivity contribution in [2.75, 3.05) is 5.32 Å². The van der Waals surface area contributed by atoms with E-state index >= 15 is 0 Å². The minimum absolute atomic E-state index is 0.0163. The van der Waals surface area contributed by atoms with Crippen LogP contribution in [0.3, 0.4) is 0 Å². The largest absolute Gasteiger partial charge is 0.508 e. The molecule has 38 heavy (non-hydrogen) atoms. The molecule has 0 radical (unpaired) electrons. The highest BCUT2D eigenvalue weighted by Crippen LogP contribution is 2.37. The predicted octanol–water partition coefficient (Wildman–Crippen LogP) is 3.79. The molecule has 1 aliphatic carbocycles. The molecule has 0 saturated heterocycles. The number of phenolic OH excluding ortho intramolecular Hbond substituents is 1. The molecule has 0 aromatic heterocycles. The van der Waals surface area contributed by atoms with Crippen LogP contribution in [0.4, 0.5) is 10.5 Å². The number of rotatable bonds is 9. The van der Waals surface area contributed by atoms with Crippen molar-refractivity contribution in [1.29, 1.82) is 0 Å². The number of para-hydroxylation sites is 1. The van der Waals surface area contributed by atoms with Gasteiger partial charge in [0.2, 0.25) is 11.8 Å². The van der Waals surface area contributed by atoms with Gasteiger partial charge in [-0.1, -0.05) is 35.9 Å². The lowest BCUT2D eigenvalue weighted by atomic mass is 10.0. The van der Waals surface area contributed by atoms with E-state index in [2.05, 4.69) is 10.6 Å². The molecule has 2 aromatic carbocycles. The highest BCUT2D eigenvalue weighted by atomic mass is 35.5. The summed E-state index contributed by atoms with van der Waals surface area (Å²) in [5, 5.41) is 15.4. The lowest BCUT2D eigenvalue weighted by Crippen LogP contribution is -2.54. The summed E-state index contributed by atoms with van der Waals surface area (Å²) in [6.45, 7) is 6.77. The van der Waals surface area contributed by atoms with Crippen LogP contribution in [0.15, 0.2) is 42.5 Å². The van der Waals surface area contributed by atoms with Gasteiger partial charge in [-0.25, -0.2) is 4.79 Å². The fraction of sp³-hybridized carbons (Fsp3) is 0.407. The number of nitrogens with one attached hydrogen (secondary N) is 2. The van der Waals surface area contributed by atoms with Crippen LogP contribution in [-0.2, 0) is 19.1 Å². The van der Waals surface area contributed by atoms with Crippen molar-refractivity contribution >= 4 is 41.1 Å². The van der Waals surface area contributed by atoms with Crippen molar-refractivity contribution in [2.24, 2.45) is 5.73 Å². The molecule has 2 atom stereocenters. The van der Waals surface area contributed by atoms with Crippen molar-refractivity contribution in [3.05, 3.63) is 58.6 Å². The molecule has 3 rings (SSSR count). The molecule has 2 unspecified atom stereocenters. The Kier molecular flexibility index (Phi) is 8.88. The lowest BCUT2D eigenvalue weighted by Gasteiger charge is -2.34. The highest BCUT2D eigenvalue weighted by Gasteiger charge is 2.44. The van der Waals surface area contributed by atoms with Gasteiger partial charge in [0, 0.05) is 6.04 Å². The average Bonchev–Trinajstić information content (AvgIpc) is 3.63. The fourth-order valence-corrected chi connectivity index (χ4v) is 4.25. The van der Waals surface area contributed by atoms with E-state index in [4.69, 9.17) is 22.1 Å². The van der Waals surface area contributed by atoms with Crippen LogP contribution in [0.5, 0.6) is 5.75 Å². The maximum atomic E-state index is 13.9. The van der Waals surface area contributed by atoms with Gasteiger partial charge in [0.25, 0.3) is 5.91 Å². The van der Waals surface area contributed by atoms with E-state index in [9.17, 15) is 24.3 Å². The molecule has 1 fully saturated rings. The Morgan fingerprint density at radius 1 is 1.13 bits per heavy atom. The summed E-state index contributed by atoms with van der Waals surface area (Å²) in [4.78, 5) is 53.5. The number of hydrogen-bond acceptors (Lipinski definition) is 6. The first kappa shape index (κ1) is 28.8. The molecule has 5 N–H and O–H groups in total. The zero-order valence-electron chi connectivity index (χ0n) is 21.8. The van der Waals surface area contributed by atoms with Crippen LogP contribution in [0, 0.1) is 6.92 Å². The third-order valence-electron chi connectivity index (χ3n) is 5.79. The predicted molar refractivity (Wildman–Crippen MR) is 143 cm³/mol. The zero-order chi connectivity index (χ0) is 28.2. The van der Waals surface area contributed by atoms with Gasteiger partial charge in [-0.15, -0.1) is 0 Å². The molecule has 1 saturated carbocycles. The van der Waals surface area contributed by atoms with Crippen molar-refractivity contribution in [3.63, 3.8) is 0 Å². The van der Waals surface area contributed by atoms with Crippen molar-refractivity contribution < 1.29 is 29.0 Å². The van der Waals surface area contributed by atoms with Gasteiger partial charge in [0.15, 0.2) is 0 Å². The number of ether oxygens (including phenoxy) is 1. The fourth-order valence-electron chi connectivity index (χ4n) is 3.98. The third-order valence-corrected chi connectivity index (χ3v) is 6.11. The van der Waals surface area contributed by atoms with Gasteiger partial charge in [-0.05, 0) is 69.9 Å². The van der Waals surface area contributed by atoms with Crippen molar-refractivity contribution in [1.82, 2.24) is 10.2 Å². The smallest absolute Gasteiger partial charge is 0.408 e. The summed E-state index contributed by atoms with van der Waals surface area (Å²) in [5.74, 6) is -2.05. The number of amides is 4. The molecule has 4 amide bonds. The first-order valence-corrected chi connectivity index (χ1v) is 12.6. The number of nitrogens with two attached hydrogens (primary N) is 1. The molecule has 1 aliphatic rings. The van der Waals surface area contributed by atoms with E-state index in [1.807, 2.05) is 0 Å². The summed E-state index contributed by atoms with van der Waals surface area (Å²) in [5.41, 5.74) is 6.09. The van der Waals surface area contributed by atoms with E-state index in [-0.39, 0.29) is 11.8 Å². The average molecular weight is 545 g/mol. The van der Waals surface area contributed by atoms with E-state index in [0.717, 1.165) is 5.56 Å². The lowest BCUT2D eigenvalue weighted by molar-refractivity contribution is -0.142. The Hall–Kier alpha value is -3.79. The van der Waals surface area contributed by atoms with E-state index in [0.29, 0.717) is 29.1 Å². The number of benzene rings is 2. The zero-order valence-corrected chi connectivity index (χ0v) is 22.5. The minimum atomic E-state index is -1.36. The Balaban J connectivity index is 2.01. The first-order chi connectivity index (χ1) is 17.8. The van der Waals surface area contributed by atoms with Crippen molar-refractivity contribution in [2.45, 2.75) is 70.7 Å². The topological polar surface area (TPSA) is 151 Å². The second-order valence-electron chi connectivity index (χ2n) is 10.3.